The molecular weight excluding hydrogens is 224 g/mol. The molecule has 1 saturated heterocycles. The van der Waals surface area contributed by atoms with Crippen LogP contribution in [0.25, 0.3) is 0 Å². The number of carboxylic acid groups (broad SMARTS) is 1. The number of likely N-dealkylation sites (N-methyl/N-ethyl adjacent to an activating group) is 1. The second-order valence-electron chi connectivity index (χ2n) is 4.10. The van der Waals surface area contributed by atoms with E-state index in [1.54, 1.807) is 6.07 Å². The normalized spacial score (nSPS) is 21.4. The first kappa shape index (κ1) is 11.9. The van der Waals surface area contributed by atoms with Crippen molar-refractivity contribution in [2.24, 2.45) is 0 Å². The van der Waals surface area contributed by atoms with Gasteiger partial charge in [0.25, 0.3) is 0 Å². The lowest BCUT2D eigenvalue weighted by molar-refractivity contribution is -0.0119. The summed E-state index contributed by atoms with van der Waals surface area (Å²) in [6.45, 7) is 3.14. The van der Waals surface area contributed by atoms with Gasteiger partial charge in [-0.05, 0) is 13.1 Å². The number of carbonyl (C=O) groups is 1. The Morgan fingerprint density at radius 3 is 3.12 bits per heavy atom. The van der Waals surface area contributed by atoms with Crippen LogP contribution in [0, 0.1) is 0 Å². The van der Waals surface area contributed by atoms with Crippen LogP contribution in [0.5, 0.6) is 0 Å². The van der Waals surface area contributed by atoms with Gasteiger partial charge in [-0.3, -0.25) is 0 Å². The Morgan fingerprint density at radius 1 is 1.65 bits per heavy atom. The minimum atomic E-state index is -1.06. The Hall–Kier alpha value is -1.53. The predicted molar refractivity (Wildman–Crippen MR) is 61.4 cm³/mol. The summed E-state index contributed by atoms with van der Waals surface area (Å²) in [6, 6.07) is 3.04. The van der Waals surface area contributed by atoms with E-state index in [9.17, 15) is 4.79 Å². The third kappa shape index (κ3) is 3.21. The molecule has 0 aliphatic carbocycles. The van der Waals surface area contributed by atoms with E-state index in [0.29, 0.717) is 12.4 Å². The van der Waals surface area contributed by atoms with Crippen LogP contribution in [0.4, 0.5) is 5.88 Å². The van der Waals surface area contributed by atoms with E-state index in [1.165, 1.54) is 6.07 Å². The number of carboxylic acids is 1. The van der Waals surface area contributed by atoms with Crippen molar-refractivity contribution in [3.8, 4) is 0 Å². The van der Waals surface area contributed by atoms with Crippen molar-refractivity contribution in [2.75, 3.05) is 38.6 Å². The summed E-state index contributed by atoms with van der Waals surface area (Å²) in [4.78, 5) is 12.8. The first-order valence-corrected chi connectivity index (χ1v) is 5.52. The Bertz CT molecular complexity index is 391. The lowest BCUT2D eigenvalue weighted by Crippen LogP contribution is -2.43. The molecule has 1 unspecified atom stereocenters. The quantitative estimate of drug-likeness (QED) is 0.807. The maximum Gasteiger partial charge on any atom is 0.371 e. The highest BCUT2D eigenvalue weighted by Gasteiger charge is 2.18. The van der Waals surface area contributed by atoms with E-state index in [1.807, 2.05) is 7.05 Å². The summed E-state index contributed by atoms with van der Waals surface area (Å²) < 4.78 is 10.6. The fourth-order valence-corrected chi connectivity index (χ4v) is 1.75. The number of rotatable bonds is 4. The van der Waals surface area contributed by atoms with E-state index in [0.717, 1.165) is 19.7 Å². The number of nitrogens with one attached hydrogen (secondary N) is 1. The fraction of sp³-hybridized carbons (Fsp3) is 0.545. The van der Waals surface area contributed by atoms with Crippen LogP contribution in [0.1, 0.15) is 10.6 Å². The Morgan fingerprint density at radius 2 is 2.47 bits per heavy atom. The lowest BCUT2D eigenvalue weighted by Gasteiger charge is -2.29. The largest absolute Gasteiger partial charge is 0.475 e. The average molecular weight is 240 g/mol. The van der Waals surface area contributed by atoms with Crippen molar-refractivity contribution in [2.45, 2.75) is 6.10 Å². The van der Waals surface area contributed by atoms with Gasteiger partial charge in [0.05, 0.1) is 12.7 Å². The maximum absolute atomic E-state index is 10.6. The summed E-state index contributed by atoms with van der Waals surface area (Å²) in [7, 11) is 2.05. The molecule has 0 radical (unpaired) electrons. The highest BCUT2D eigenvalue weighted by molar-refractivity contribution is 5.84. The molecule has 0 aromatic carbocycles. The van der Waals surface area contributed by atoms with E-state index in [4.69, 9.17) is 14.3 Å². The summed E-state index contributed by atoms with van der Waals surface area (Å²) in [6.07, 6.45) is 0.104. The van der Waals surface area contributed by atoms with Crippen LogP contribution in [0.2, 0.25) is 0 Å². The second-order valence-corrected chi connectivity index (χ2v) is 4.10. The number of nitrogens with zero attached hydrogens (tertiary/aromatic N) is 1. The van der Waals surface area contributed by atoms with Crippen molar-refractivity contribution >= 4 is 11.9 Å². The van der Waals surface area contributed by atoms with Crippen LogP contribution >= 0.6 is 0 Å². The Balaban J connectivity index is 1.82. The molecule has 1 fully saturated rings. The van der Waals surface area contributed by atoms with Gasteiger partial charge in [0, 0.05) is 25.7 Å². The molecule has 1 aliphatic heterocycles. The summed E-state index contributed by atoms with van der Waals surface area (Å²) >= 11 is 0. The number of aromatic carboxylic acids is 1. The van der Waals surface area contributed by atoms with Gasteiger partial charge < -0.3 is 24.5 Å². The van der Waals surface area contributed by atoms with E-state index in [2.05, 4.69) is 10.2 Å². The molecule has 1 aliphatic rings. The first-order valence-electron chi connectivity index (χ1n) is 5.52. The SMILES string of the molecule is CN1CCOC(CNc2ccc(C(=O)O)o2)C1. The fourth-order valence-electron chi connectivity index (χ4n) is 1.75. The molecule has 94 valence electrons. The molecule has 6 heteroatoms. The van der Waals surface area contributed by atoms with Gasteiger partial charge in [0.1, 0.15) is 0 Å². The Kier molecular flexibility index (Phi) is 3.65. The molecule has 2 heterocycles. The van der Waals surface area contributed by atoms with Gasteiger partial charge in [-0.2, -0.15) is 0 Å². The lowest BCUT2D eigenvalue weighted by atomic mass is 10.3. The molecule has 6 nitrogen and oxygen atoms in total. The second kappa shape index (κ2) is 5.20. The average Bonchev–Trinajstić information content (AvgIpc) is 2.75. The van der Waals surface area contributed by atoms with E-state index in [-0.39, 0.29) is 11.9 Å². The zero-order chi connectivity index (χ0) is 12.3. The maximum atomic E-state index is 10.6. The van der Waals surface area contributed by atoms with Gasteiger partial charge in [0.15, 0.2) is 5.88 Å². The van der Waals surface area contributed by atoms with Crippen LogP contribution in [-0.4, -0.2) is 55.4 Å². The third-order valence-electron chi connectivity index (χ3n) is 2.66. The Labute approximate surface area is 99.2 Å². The minimum Gasteiger partial charge on any atom is -0.475 e. The number of furan rings is 1. The van der Waals surface area contributed by atoms with Crippen molar-refractivity contribution in [3.05, 3.63) is 17.9 Å². The standard InChI is InChI=1S/C11H16N2O4/c1-13-4-5-16-8(7-13)6-12-10-3-2-9(17-10)11(14)15/h2-3,8,12H,4-7H2,1H3,(H,14,15). The van der Waals surface area contributed by atoms with Crippen LogP contribution in [0.3, 0.4) is 0 Å². The minimum absolute atomic E-state index is 0.0609. The molecule has 1 aromatic rings. The van der Waals surface area contributed by atoms with Crippen molar-refractivity contribution in [3.63, 3.8) is 0 Å². The molecule has 2 N–H and O–H groups in total. The summed E-state index contributed by atoms with van der Waals surface area (Å²) in [5, 5.41) is 11.7. The number of ether oxygens (including phenoxy) is 1. The molecule has 0 saturated carbocycles. The van der Waals surface area contributed by atoms with Gasteiger partial charge in [-0.1, -0.05) is 0 Å². The molecular formula is C11H16N2O4. The van der Waals surface area contributed by atoms with Gasteiger partial charge >= 0.3 is 5.97 Å². The van der Waals surface area contributed by atoms with Crippen LogP contribution < -0.4 is 5.32 Å². The third-order valence-corrected chi connectivity index (χ3v) is 2.66. The molecule has 0 bridgehead atoms. The van der Waals surface area contributed by atoms with Crippen LogP contribution in [-0.2, 0) is 4.74 Å². The number of hydrogen-bond acceptors (Lipinski definition) is 5. The summed E-state index contributed by atoms with van der Waals surface area (Å²) in [5.41, 5.74) is 0. The number of anilines is 1. The monoisotopic (exact) mass is 240 g/mol. The topological polar surface area (TPSA) is 74.9 Å². The smallest absolute Gasteiger partial charge is 0.371 e. The van der Waals surface area contributed by atoms with Crippen LogP contribution in [0.15, 0.2) is 16.5 Å². The zero-order valence-electron chi connectivity index (χ0n) is 9.68. The van der Waals surface area contributed by atoms with Gasteiger partial charge in [0.2, 0.25) is 5.76 Å². The molecule has 17 heavy (non-hydrogen) atoms. The first-order chi connectivity index (χ1) is 8.15. The highest BCUT2D eigenvalue weighted by Crippen LogP contribution is 2.14. The number of hydrogen-bond donors (Lipinski definition) is 2. The van der Waals surface area contributed by atoms with Crippen molar-refractivity contribution < 1.29 is 19.1 Å². The predicted octanol–water partition coefficient (Wildman–Crippen LogP) is 0.720. The number of morpholine rings is 1. The molecule has 1 aromatic heterocycles. The van der Waals surface area contributed by atoms with Crippen molar-refractivity contribution in [1.82, 2.24) is 4.90 Å². The zero-order valence-corrected chi connectivity index (χ0v) is 9.68. The summed E-state index contributed by atoms with van der Waals surface area (Å²) in [5.74, 6) is -0.667. The molecule has 2 rings (SSSR count). The molecule has 0 amide bonds. The van der Waals surface area contributed by atoms with Crippen molar-refractivity contribution in [1.29, 1.82) is 0 Å². The highest BCUT2D eigenvalue weighted by atomic mass is 16.5. The molecule has 0 spiro atoms. The van der Waals surface area contributed by atoms with Gasteiger partial charge in [-0.15, -0.1) is 0 Å². The van der Waals surface area contributed by atoms with E-state index >= 15 is 0 Å². The van der Waals surface area contributed by atoms with Gasteiger partial charge in [-0.25, -0.2) is 4.79 Å². The van der Waals surface area contributed by atoms with E-state index < -0.39 is 5.97 Å². The molecule has 1 atom stereocenters.